The van der Waals surface area contributed by atoms with Crippen LogP contribution in [0, 0.1) is 0 Å². The highest BCUT2D eigenvalue weighted by Crippen LogP contribution is 2.20. The topological polar surface area (TPSA) is 79.0 Å². The van der Waals surface area contributed by atoms with E-state index in [0.717, 1.165) is 0 Å². The number of carbonyl (C=O) groups excluding carboxylic acids is 1. The zero-order chi connectivity index (χ0) is 18.8. The Balaban J connectivity index is 2.01. The molecule has 7 nitrogen and oxygen atoms in total. The number of rotatable bonds is 4. The van der Waals surface area contributed by atoms with E-state index in [2.05, 4.69) is 10.1 Å². The van der Waals surface area contributed by atoms with Crippen LogP contribution in [0.5, 0.6) is 0 Å². The normalized spacial score (nSPS) is 10.9. The third-order valence-electron chi connectivity index (χ3n) is 4.13. The van der Waals surface area contributed by atoms with E-state index in [1.54, 1.807) is 25.1 Å². The molecule has 0 aliphatic rings. The van der Waals surface area contributed by atoms with Gasteiger partial charge in [0.25, 0.3) is 5.56 Å². The molecule has 0 amide bonds. The van der Waals surface area contributed by atoms with Crippen molar-refractivity contribution in [1.29, 1.82) is 0 Å². The van der Waals surface area contributed by atoms with E-state index in [-0.39, 0.29) is 17.7 Å². The second kappa shape index (κ2) is 6.87. The van der Waals surface area contributed by atoms with Gasteiger partial charge in [0.1, 0.15) is 11.9 Å². The van der Waals surface area contributed by atoms with Crippen LogP contribution in [0.3, 0.4) is 0 Å². The second-order valence-electron chi connectivity index (χ2n) is 5.79. The first-order chi connectivity index (χ1) is 13.2. The van der Waals surface area contributed by atoms with Gasteiger partial charge >= 0.3 is 5.97 Å². The maximum absolute atomic E-state index is 13.1. The summed E-state index contributed by atoms with van der Waals surface area (Å²) in [5.41, 5.74) is 1.20. The molecule has 7 heteroatoms. The number of fused-ring (bicyclic) bond motifs is 1. The Morgan fingerprint density at radius 2 is 1.81 bits per heavy atom. The molecule has 0 N–H and O–H groups in total. The van der Waals surface area contributed by atoms with Crippen molar-refractivity contribution in [2.45, 2.75) is 6.92 Å². The van der Waals surface area contributed by atoms with Crippen molar-refractivity contribution in [2.75, 3.05) is 6.61 Å². The maximum Gasteiger partial charge on any atom is 0.343 e. The third-order valence-corrected chi connectivity index (χ3v) is 4.13. The molecule has 2 aromatic carbocycles. The van der Waals surface area contributed by atoms with Crippen LogP contribution < -0.4 is 5.56 Å². The fraction of sp³-hybridized carbons (Fsp3) is 0.100. The lowest BCUT2D eigenvalue weighted by atomic mass is 10.2. The number of hydrogen-bond acceptors (Lipinski definition) is 5. The molecule has 134 valence electrons. The van der Waals surface area contributed by atoms with Gasteiger partial charge in [-0.05, 0) is 31.2 Å². The highest BCUT2D eigenvalue weighted by molar-refractivity contribution is 5.93. The predicted molar refractivity (Wildman–Crippen MR) is 100 cm³/mol. The lowest BCUT2D eigenvalue weighted by Gasteiger charge is -2.12. The van der Waals surface area contributed by atoms with Crippen LogP contribution in [0.4, 0.5) is 0 Å². The van der Waals surface area contributed by atoms with Gasteiger partial charge in [-0.15, -0.1) is 0 Å². The molecule has 0 aliphatic heterocycles. The summed E-state index contributed by atoms with van der Waals surface area (Å²) in [5, 5.41) is 4.77. The second-order valence-corrected chi connectivity index (χ2v) is 5.79. The van der Waals surface area contributed by atoms with Crippen LogP contribution in [-0.2, 0) is 4.74 Å². The Hall–Kier alpha value is -3.74. The molecule has 0 fully saturated rings. The Morgan fingerprint density at radius 1 is 1.07 bits per heavy atom. The number of para-hydroxylation sites is 2. The number of benzene rings is 2. The monoisotopic (exact) mass is 360 g/mol. The number of ether oxygens (including phenoxy) is 1. The first-order valence-corrected chi connectivity index (χ1v) is 8.48. The Bertz CT molecular complexity index is 1180. The molecule has 0 aliphatic carbocycles. The number of esters is 1. The molecule has 0 saturated heterocycles. The average Bonchev–Trinajstić information content (AvgIpc) is 3.14. The summed E-state index contributed by atoms with van der Waals surface area (Å²) in [6.45, 7) is 1.95. The Kier molecular flexibility index (Phi) is 4.25. The summed E-state index contributed by atoms with van der Waals surface area (Å²) < 4.78 is 8.00. The Labute approximate surface area is 154 Å². The molecular weight excluding hydrogens is 344 g/mol. The van der Waals surface area contributed by atoms with Gasteiger partial charge in [0.15, 0.2) is 5.82 Å². The van der Waals surface area contributed by atoms with Gasteiger partial charge < -0.3 is 4.74 Å². The van der Waals surface area contributed by atoms with Crippen molar-refractivity contribution in [2.24, 2.45) is 0 Å². The van der Waals surface area contributed by atoms with E-state index in [4.69, 9.17) is 4.74 Å². The van der Waals surface area contributed by atoms with Crippen LogP contribution >= 0.6 is 0 Å². The van der Waals surface area contributed by atoms with Crippen LogP contribution in [0.25, 0.3) is 22.4 Å². The summed E-state index contributed by atoms with van der Waals surface area (Å²) in [6.07, 6.45) is 2.81. The summed E-state index contributed by atoms with van der Waals surface area (Å²) in [5.74, 6) is -0.252. The van der Waals surface area contributed by atoms with Crippen molar-refractivity contribution in [1.82, 2.24) is 19.3 Å². The third kappa shape index (κ3) is 2.89. The van der Waals surface area contributed by atoms with Gasteiger partial charge in [0.05, 0.1) is 29.4 Å². The number of aromatic nitrogens is 4. The number of nitrogens with zero attached hydrogens (tertiary/aromatic N) is 4. The predicted octanol–water partition coefficient (Wildman–Crippen LogP) is 2.75. The summed E-state index contributed by atoms with van der Waals surface area (Å²) >= 11 is 0. The molecule has 0 radical (unpaired) electrons. The fourth-order valence-electron chi connectivity index (χ4n) is 2.90. The van der Waals surface area contributed by atoms with Gasteiger partial charge in [-0.1, -0.05) is 30.3 Å². The molecule has 4 aromatic rings. The van der Waals surface area contributed by atoms with E-state index in [9.17, 15) is 9.59 Å². The lowest BCUT2D eigenvalue weighted by Crippen LogP contribution is -2.23. The van der Waals surface area contributed by atoms with Crippen LogP contribution in [0.2, 0.25) is 0 Å². The lowest BCUT2D eigenvalue weighted by molar-refractivity contribution is 0.0526. The van der Waals surface area contributed by atoms with Crippen molar-refractivity contribution < 1.29 is 9.53 Å². The van der Waals surface area contributed by atoms with Crippen LogP contribution in [-0.4, -0.2) is 31.9 Å². The summed E-state index contributed by atoms with van der Waals surface area (Å²) in [7, 11) is 0. The van der Waals surface area contributed by atoms with E-state index in [0.29, 0.717) is 22.4 Å². The number of hydrogen-bond donors (Lipinski definition) is 0. The Morgan fingerprint density at radius 3 is 2.59 bits per heavy atom. The van der Waals surface area contributed by atoms with Crippen molar-refractivity contribution in [3.8, 4) is 11.5 Å². The minimum Gasteiger partial charge on any atom is -0.462 e. The molecule has 27 heavy (non-hydrogen) atoms. The summed E-state index contributed by atoms with van der Waals surface area (Å²) in [4.78, 5) is 29.9. The fourth-order valence-corrected chi connectivity index (χ4v) is 2.90. The minimum atomic E-state index is -0.547. The molecule has 0 unspecified atom stereocenters. The molecule has 2 aromatic heterocycles. The average molecular weight is 360 g/mol. The smallest absolute Gasteiger partial charge is 0.343 e. The van der Waals surface area contributed by atoms with Crippen molar-refractivity contribution >= 4 is 16.9 Å². The molecule has 0 spiro atoms. The van der Waals surface area contributed by atoms with Crippen molar-refractivity contribution in [3.63, 3.8) is 0 Å². The first-order valence-electron chi connectivity index (χ1n) is 8.48. The molecule has 2 heterocycles. The van der Waals surface area contributed by atoms with Crippen LogP contribution in [0.15, 0.2) is 71.9 Å². The van der Waals surface area contributed by atoms with Gasteiger partial charge in [0.2, 0.25) is 0 Å². The van der Waals surface area contributed by atoms with Gasteiger partial charge in [-0.2, -0.15) is 5.10 Å². The first kappa shape index (κ1) is 16.7. The van der Waals surface area contributed by atoms with E-state index < -0.39 is 5.97 Å². The quantitative estimate of drug-likeness (QED) is 0.523. The minimum absolute atomic E-state index is 0.194. The van der Waals surface area contributed by atoms with E-state index >= 15 is 0 Å². The molecule has 0 saturated carbocycles. The van der Waals surface area contributed by atoms with Gasteiger partial charge in [0, 0.05) is 0 Å². The van der Waals surface area contributed by atoms with E-state index in [1.807, 2.05) is 36.4 Å². The molecule has 0 bridgehead atoms. The highest BCUT2D eigenvalue weighted by atomic mass is 16.5. The van der Waals surface area contributed by atoms with Crippen LogP contribution in [0.1, 0.15) is 17.3 Å². The SMILES string of the molecule is CCOC(=O)c1cnn(-c2ccccc2)c1-n1cnc2ccccc2c1=O. The maximum atomic E-state index is 13.1. The van der Waals surface area contributed by atoms with Gasteiger partial charge in [-0.25, -0.2) is 19.0 Å². The molecular formula is C20H16N4O3. The standard InChI is InChI=1S/C20H16N4O3/c1-2-27-20(26)16-12-22-24(14-8-4-3-5-9-14)18(16)23-13-21-17-11-7-6-10-15(17)19(23)25/h3-13H,2H2,1H3. The largest absolute Gasteiger partial charge is 0.462 e. The summed E-state index contributed by atoms with van der Waals surface area (Å²) in [6, 6.07) is 16.3. The number of carbonyl (C=O) groups is 1. The highest BCUT2D eigenvalue weighted by Gasteiger charge is 2.22. The molecule has 4 rings (SSSR count). The zero-order valence-electron chi connectivity index (χ0n) is 14.6. The van der Waals surface area contributed by atoms with E-state index in [1.165, 1.54) is 21.8 Å². The van der Waals surface area contributed by atoms with Crippen molar-refractivity contribution in [3.05, 3.63) is 83.0 Å². The zero-order valence-corrected chi connectivity index (χ0v) is 14.6. The molecule has 0 atom stereocenters. The van der Waals surface area contributed by atoms with Gasteiger partial charge in [-0.3, -0.25) is 4.79 Å².